The number of imidazole rings is 1. The summed E-state index contributed by atoms with van der Waals surface area (Å²) in [7, 11) is 0. The Hall–Kier alpha value is -0.560. The van der Waals surface area contributed by atoms with Crippen LogP contribution >= 0.6 is 51.8 Å². The highest BCUT2D eigenvalue weighted by molar-refractivity contribution is 14.2. The normalized spacial score (nSPS) is 18.9. The number of pyridine rings is 1. The summed E-state index contributed by atoms with van der Waals surface area (Å²) in [5.74, 6) is 1.62. The van der Waals surface area contributed by atoms with E-state index >= 15 is 0 Å². The number of aromatic nitrogens is 3. The number of aryl methyl sites for hydroxylation is 1. The summed E-state index contributed by atoms with van der Waals surface area (Å²) in [4.78, 5) is 10.5. The van der Waals surface area contributed by atoms with Gasteiger partial charge in [-0.2, -0.15) is 0 Å². The molecule has 1 saturated carbocycles. The van der Waals surface area contributed by atoms with Crippen LogP contribution in [0.5, 0.6) is 0 Å². The zero-order valence-corrected chi connectivity index (χ0v) is 21.7. The fourth-order valence-corrected chi connectivity index (χ4v) is 7.18. The van der Waals surface area contributed by atoms with Crippen LogP contribution < -0.4 is 5.32 Å². The largest absolute Gasteiger partial charge is 0.353 e. The molecule has 0 spiro atoms. The van der Waals surface area contributed by atoms with Gasteiger partial charge in [-0.1, -0.05) is 31.5 Å². The number of anilines is 2. The molecule has 2 atom stereocenters. The van der Waals surface area contributed by atoms with E-state index in [0.717, 1.165) is 28.4 Å². The van der Waals surface area contributed by atoms with Crippen LogP contribution in [0.3, 0.4) is 0 Å². The minimum Gasteiger partial charge on any atom is -0.353 e. The third kappa shape index (κ3) is 4.41. The van der Waals surface area contributed by atoms with E-state index in [4.69, 9.17) is 16.6 Å². The van der Waals surface area contributed by atoms with E-state index in [9.17, 15) is 0 Å². The van der Waals surface area contributed by atoms with Crippen LogP contribution in [0, 0.1) is 12.3 Å². The molecule has 0 radical (unpaired) electrons. The second-order valence-corrected chi connectivity index (χ2v) is 11.7. The third-order valence-corrected chi connectivity index (χ3v) is 8.89. The monoisotopic (exact) mass is 558 g/mol. The fourth-order valence-electron chi connectivity index (χ4n) is 4.25. The number of hydrogen-bond acceptors (Lipinski definition) is 4. The highest BCUT2D eigenvalue weighted by Crippen LogP contribution is 2.47. The van der Waals surface area contributed by atoms with Crippen molar-refractivity contribution in [3.63, 3.8) is 0 Å². The summed E-state index contributed by atoms with van der Waals surface area (Å²) in [6, 6.07) is 8.71. The van der Waals surface area contributed by atoms with Gasteiger partial charge < -0.3 is 5.32 Å². The molecule has 0 bridgehead atoms. The molecule has 1 fully saturated rings. The van der Waals surface area contributed by atoms with Crippen LogP contribution in [-0.2, 0) is 0 Å². The van der Waals surface area contributed by atoms with Crippen molar-refractivity contribution in [2.45, 2.75) is 50.8 Å². The van der Waals surface area contributed by atoms with Gasteiger partial charge in [0.1, 0.15) is 16.5 Å². The lowest BCUT2D eigenvalue weighted by molar-refractivity contribution is 0.376. The quantitative estimate of drug-likeness (QED) is 0.149. The number of hydrogen-bond donors (Lipinski definition) is 1. The van der Waals surface area contributed by atoms with Gasteiger partial charge in [-0.15, -0.1) is 11.8 Å². The van der Waals surface area contributed by atoms with Crippen molar-refractivity contribution < 1.29 is 0 Å². The smallest absolute Gasteiger partial charge is 0.167 e. The van der Waals surface area contributed by atoms with Crippen molar-refractivity contribution in [2.75, 3.05) is 11.6 Å². The Morgan fingerprint density at radius 1 is 1.28 bits per heavy atom. The van der Waals surface area contributed by atoms with E-state index in [-0.39, 0.29) is 0 Å². The predicted octanol–water partition coefficient (Wildman–Crippen LogP) is 7.94. The second kappa shape index (κ2) is 8.52. The summed E-state index contributed by atoms with van der Waals surface area (Å²) >= 11 is 10.5. The van der Waals surface area contributed by atoms with E-state index in [0.29, 0.717) is 22.9 Å². The van der Waals surface area contributed by atoms with Gasteiger partial charge in [0.2, 0.25) is 0 Å². The average molecular weight is 559 g/mol. The van der Waals surface area contributed by atoms with Crippen molar-refractivity contribution in [2.24, 2.45) is 5.41 Å². The van der Waals surface area contributed by atoms with Gasteiger partial charge in [-0.3, -0.25) is 4.34 Å². The van der Waals surface area contributed by atoms with Crippen LogP contribution in [0.15, 0.2) is 29.2 Å². The van der Waals surface area contributed by atoms with Gasteiger partial charge in [0.25, 0.3) is 0 Å². The number of nitrogens with one attached hydrogen (secondary N) is 1. The van der Waals surface area contributed by atoms with Gasteiger partial charge in [-0.05, 0) is 83.5 Å². The Labute approximate surface area is 196 Å². The molecule has 1 N–H and O–H groups in total. The SMILES string of the molecule is CSc1cc(C2CCC(C)(C)C2)ccc1Nc1cc(Cl)nc2c1nc(C)n2PI. The molecule has 8 heteroatoms. The Balaban J connectivity index is 1.70. The molecule has 0 aliphatic heterocycles. The van der Waals surface area contributed by atoms with Crippen LogP contribution in [0.25, 0.3) is 11.2 Å². The Morgan fingerprint density at radius 3 is 2.72 bits per heavy atom. The number of nitrogens with zero attached hydrogens (tertiary/aromatic N) is 3. The lowest BCUT2D eigenvalue weighted by Crippen LogP contribution is -2.04. The minimum atomic E-state index is 0.455. The molecule has 29 heavy (non-hydrogen) atoms. The topological polar surface area (TPSA) is 42.7 Å². The molecular formula is C21H25ClIN4PS. The van der Waals surface area contributed by atoms with E-state index in [2.05, 4.69) is 75.0 Å². The Kier molecular flexibility index (Phi) is 6.37. The number of rotatable bonds is 5. The van der Waals surface area contributed by atoms with E-state index < -0.39 is 0 Å². The summed E-state index contributed by atoms with van der Waals surface area (Å²) in [6.07, 6.45) is 6.52. The second-order valence-electron chi connectivity index (χ2n) is 8.43. The maximum atomic E-state index is 6.34. The Bertz CT molecular complexity index is 1070. The molecule has 0 saturated heterocycles. The van der Waals surface area contributed by atoms with Crippen molar-refractivity contribution in [1.82, 2.24) is 14.3 Å². The molecule has 1 aliphatic carbocycles. The maximum Gasteiger partial charge on any atom is 0.167 e. The zero-order chi connectivity index (χ0) is 20.8. The van der Waals surface area contributed by atoms with E-state index in [1.54, 1.807) is 11.8 Å². The van der Waals surface area contributed by atoms with Gasteiger partial charge in [0.15, 0.2) is 5.65 Å². The molecule has 154 valence electrons. The molecular weight excluding hydrogens is 534 g/mol. The third-order valence-electron chi connectivity index (χ3n) is 5.77. The van der Waals surface area contributed by atoms with Crippen molar-refractivity contribution in [1.29, 1.82) is 0 Å². The first-order valence-corrected chi connectivity index (χ1v) is 15.3. The highest BCUT2D eigenvalue weighted by Gasteiger charge is 2.31. The van der Waals surface area contributed by atoms with Crippen LogP contribution in [-0.4, -0.2) is 20.6 Å². The zero-order valence-electron chi connectivity index (χ0n) is 17.0. The summed E-state index contributed by atoms with van der Waals surface area (Å²) in [6.45, 7) is 6.78. The molecule has 4 rings (SSSR count). The maximum absolute atomic E-state index is 6.34. The highest BCUT2D eigenvalue weighted by atomic mass is 127. The molecule has 3 aromatic rings. The minimum absolute atomic E-state index is 0.455. The van der Waals surface area contributed by atoms with Crippen LogP contribution in [0.4, 0.5) is 11.4 Å². The van der Waals surface area contributed by atoms with Gasteiger partial charge in [0.05, 0.1) is 17.7 Å². The number of fused-ring (bicyclic) bond motifs is 1. The lowest BCUT2D eigenvalue weighted by atomic mass is 9.88. The van der Waals surface area contributed by atoms with Crippen molar-refractivity contribution in [3.05, 3.63) is 40.8 Å². The van der Waals surface area contributed by atoms with E-state index in [1.807, 2.05) is 13.0 Å². The first kappa shape index (κ1) is 21.7. The number of thioether (sulfide) groups is 1. The number of halogens is 2. The van der Waals surface area contributed by atoms with Gasteiger partial charge in [-0.25, -0.2) is 9.97 Å². The van der Waals surface area contributed by atoms with Crippen molar-refractivity contribution in [3.8, 4) is 0 Å². The molecule has 1 aromatic carbocycles. The van der Waals surface area contributed by atoms with Crippen molar-refractivity contribution >= 4 is 74.3 Å². The average Bonchev–Trinajstić information content (AvgIpc) is 3.20. The predicted molar refractivity (Wildman–Crippen MR) is 137 cm³/mol. The Morgan fingerprint density at radius 2 is 2.07 bits per heavy atom. The fraction of sp³-hybridized carbons (Fsp3) is 0.429. The molecule has 2 aromatic heterocycles. The van der Waals surface area contributed by atoms with E-state index in [1.165, 1.54) is 29.7 Å². The molecule has 0 amide bonds. The standard InChI is InChI=1S/C21H25ClIN4PS/c1-12-24-19-16(10-18(22)26-20(19)27(12)28-23)25-15-6-5-13(9-17(15)29-4)14-7-8-21(2,3)11-14/h5-6,9-10,14,28H,7-8,11H2,1-4H3,(H,25,26). The molecule has 4 nitrogen and oxygen atoms in total. The summed E-state index contributed by atoms with van der Waals surface area (Å²) < 4.78 is 2.10. The molecule has 2 heterocycles. The first-order valence-electron chi connectivity index (χ1n) is 9.68. The molecule has 1 aliphatic rings. The van der Waals surface area contributed by atoms with Gasteiger partial charge in [0, 0.05) is 11.0 Å². The van der Waals surface area contributed by atoms with Gasteiger partial charge >= 0.3 is 0 Å². The lowest BCUT2D eigenvalue weighted by Gasteiger charge is -2.19. The van der Waals surface area contributed by atoms with Crippen LogP contribution in [0.1, 0.15) is 50.4 Å². The molecule has 2 unspecified atom stereocenters. The summed E-state index contributed by atoms with van der Waals surface area (Å²) in [5, 5.41) is 4.06. The van der Waals surface area contributed by atoms with Crippen LogP contribution in [0.2, 0.25) is 5.15 Å². The number of benzene rings is 1. The summed E-state index contributed by atoms with van der Waals surface area (Å²) in [5.41, 5.74) is 5.60. The first-order chi connectivity index (χ1) is 13.8.